The van der Waals surface area contributed by atoms with E-state index in [1.807, 2.05) is 12.1 Å². The number of hydrogen-bond donors (Lipinski definition) is 1. The quantitative estimate of drug-likeness (QED) is 0.801. The van der Waals surface area contributed by atoms with Crippen molar-refractivity contribution in [3.8, 4) is 17.1 Å². The van der Waals surface area contributed by atoms with Gasteiger partial charge < -0.3 is 9.72 Å². The number of aromatic amines is 1. The van der Waals surface area contributed by atoms with Crippen molar-refractivity contribution < 1.29 is 4.74 Å². The van der Waals surface area contributed by atoms with Crippen LogP contribution >= 0.6 is 0 Å². The minimum atomic E-state index is -0.123. The minimum Gasteiger partial charge on any atom is -0.481 e. The number of hydrogen-bond acceptors (Lipinski definition) is 3. The molecule has 0 radical (unpaired) electrons. The third kappa shape index (κ3) is 2.04. The molecule has 0 unspecified atom stereocenters. The molecule has 4 nitrogen and oxygen atoms in total. The van der Waals surface area contributed by atoms with Crippen LogP contribution in [0.5, 0.6) is 5.88 Å². The Hall–Kier alpha value is -2.10. The van der Waals surface area contributed by atoms with Gasteiger partial charge in [0, 0.05) is 23.9 Å². The summed E-state index contributed by atoms with van der Waals surface area (Å²) in [5, 5.41) is 0. The Morgan fingerprint density at radius 2 is 2.13 bits per heavy atom. The number of pyridine rings is 2. The first kappa shape index (κ1) is 9.45. The van der Waals surface area contributed by atoms with Crippen LogP contribution < -0.4 is 10.3 Å². The number of ether oxygens (including phenoxy) is 1. The highest BCUT2D eigenvalue weighted by atomic mass is 16.5. The van der Waals surface area contributed by atoms with Gasteiger partial charge in [-0.2, -0.15) is 0 Å². The molecule has 2 rings (SSSR count). The fourth-order valence-corrected chi connectivity index (χ4v) is 1.26. The van der Waals surface area contributed by atoms with Crippen LogP contribution in [-0.4, -0.2) is 17.1 Å². The Morgan fingerprint density at radius 1 is 1.27 bits per heavy atom. The van der Waals surface area contributed by atoms with Gasteiger partial charge in [0.25, 0.3) is 0 Å². The second kappa shape index (κ2) is 3.96. The molecule has 0 aromatic carbocycles. The molecule has 1 N–H and O–H groups in total. The fourth-order valence-electron chi connectivity index (χ4n) is 1.26. The molecule has 0 atom stereocenters. The van der Waals surface area contributed by atoms with Crippen LogP contribution in [0, 0.1) is 0 Å². The molecule has 2 heterocycles. The number of aromatic nitrogens is 2. The number of nitrogens with zero attached hydrogens (tertiary/aromatic N) is 1. The third-order valence-corrected chi connectivity index (χ3v) is 2.01. The lowest BCUT2D eigenvalue weighted by molar-refractivity contribution is 0.398. The van der Waals surface area contributed by atoms with Gasteiger partial charge in [-0.3, -0.25) is 4.79 Å². The van der Waals surface area contributed by atoms with E-state index in [1.165, 1.54) is 6.07 Å². The van der Waals surface area contributed by atoms with Gasteiger partial charge in [0.1, 0.15) is 0 Å². The lowest BCUT2D eigenvalue weighted by Gasteiger charge is -2.02. The fraction of sp³-hybridized carbons (Fsp3) is 0.0909. The van der Waals surface area contributed by atoms with Gasteiger partial charge in [0.05, 0.1) is 12.8 Å². The van der Waals surface area contributed by atoms with Crippen LogP contribution in [0.4, 0.5) is 0 Å². The Kier molecular flexibility index (Phi) is 2.49. The van der Waals surface area contributed by atoms with Gasteiger partial charge >= 0.3 is 0 Å². The summed E-state index contributed by atoms with van der Waals surface area (Å²) in [6, 6.07) is 8.68. The summed E-state index contributed by atoms with van der Waals surface area (Å²) in [5.41, 5.74) is 1.50. The smallest absolute Gasteiger partial charge is 0.247 e. The van der Waals surface area contributed by atoms with Gasteiger partial charge in [-0.15, -0.1) is 0 Å². The number of nitrogens with one attached hydrogen (secondary N) is 1. The van der Waals surface area contributed by atoms with E-state index in [0.29, 0.717) is 5.88 Å². The summed E-state index contributed by atoms with van der Waals surface area (Å²) in [7, 11) is 1.57. The zero-order valence-electron chi connectivity index (χ0n) is 8.23. The molecule has 0 aliphatic rings. The number of H-pyrrole nitrogens is 1. The highest BCUT2D eigenvalue weighted by Gasteiger charge is 2.00. The molecule has 0 bridgehead atoms. The van der Waals surface area contributed by atoms with Crippen molar-refractivity contribution in [3.63, 3.8) is 0 Å². The maximum Gasteiger partial charge on any atom is 0.247 e. The molecule has 2 aromatic rings. The predicted molar refractivity (Wildman–Crippen MR) is 56.8 cm³/mol. The second-order valence-electron chi connectivity index (χ2n) is 3.01. The van der Waals surface area contributed by atoms with E-state index in [1.54, 1.807) is 25.4 Å². The first-order valence-electron chi connectivity index (χ1n) is 4.50. The molecule has 0 aliphatic carbocycles. The van der Waals surface area contributed by atoms with Gasteiger partial charge in [-0.1, -0.05) is 6.07 Å². The van der Waals surface area contributed by atoms with E-state index in [0.717, 1.165) is 11.3 Å². The highest BCUT2D eigenvalue weighted by molar-refractivity contribution is 5.57. The third-order valence-electron chi connectivity index (χ3n) is 2.01. The molecule has 0 amide bonds. The molecule has 4 heteroatoms. The molecule has 15 heavy (non-hydrogen) atoms. The summed E-state index contributed by atoms with van der Waals surface area (Å²) in [5.74, 6) is 0.554. The Morgan fingerprint density at radius 3 is 2.80 bits per heavy atom. The highest BCUT2D eigenvalue weighted by Crippen LogP contribution is 2.17. The van der Waals surface area contributed by atoms with Gasteiger partial charge in [-0.05, 0) is 12.1 Å². The van der Waals surface area contributed by atoms with Crippen molar-refractivity contribution in [2.45, 2.75) is 0 Å². The van der Waals surface area contributed by atoms with E-state index < -0.39 is 0 Å². The lowest BCUT2D eigenvalue weighted by Crippen LogP contribution is -2.01. The van der Waals surface area contributed by atoms with Crippen molar-refractivity contribution in [1.82, 2.24) is 9.97 Å². The average Bonchev–Trinajstić information content (AvgIpc) is 2.30. The minimum absolute atomic E-state index is 0.123. The van der Waals surface area contributed by atoms with E-state index in [-0.39, 0.29) is 5.56 Å². The van der Waals surface area contributed by atoms with Crippen LogP contribution in [0.25, 0.3) is 11.3 Å². The standard InChI is InChI=1S/C11H10N2O2/c1-15-11-4-2-3-9(13-11)8-5-6-10(14)12-7-8/h2-7H,1H3,(H,12,14). The zero-order valence-corrected chi connectivity index (χ0v) is 8.23. The lowest BCUT2D eigenvalue weighted by atomic mass is 10.2. The van der Waals surface area contributed by atoms with Crippen molar-refractivity contribution in [2.24, 2.45) is 0 Å². The van der Waals surface area contributed by atoms with Crippen LogP contribution in [0.2, 0.25) is 0 Å². The molecule has 0 fully saturated rings. The van der Waals surface area contributed by atoms with Crippen molar-refractivity contribution >= 4 is 0 Å². The molecule has 2 aromatic heterocycles. The number of rotatable bonds is 2. The predicted octanol–water partition coefficient (Wildman–Crippen LogP) is 1.45. The van der Waals surface area contributed by atoms with Gasteiger partial charge in [0.2, 0.25) is 11.4 Å². The summed E-state index contributed by atoms with van der Waals surface area (Å²) < 4.78 is 5.02. The zero-order chi connectivity index (χ0) is 10.7. The van der Waals surface area contributed by atoms with E-state index >= 15 is 0 Å². The SMILES string of the molecule is COc1cccc(-c2ccc(=O)[nH]c2)n1. The van der Waals surface area contributed by atoms with E-state index in [2.05, 4.69) is 9.97 Å². The molecule has 76 valence electrons. The normalized spacial score (nSPS) is 9.93. The summed E-state index contributed by atoms with van der Waals surface area (Å²) in [6.07, 6.45) is 1.63. The summed E-state index contributed by atoms with van der Waals surface area (Å²) >= 11 is 0. The van der Waals surface area contributed by atoms with Crippen molar-refractivity contribution in [2.75, 3.05) is 7.11 Å². The monoisotopic (exact) mass is 202 g/mol. The van der Waals surface area contributed by atoms with Crippen LogP contribution in [0.3, 0.4) is 0 Å². The molecule has 0 saturated heterocycles. The Labute approximate surface area is 86.6 Å². The van der Waals surface area contributed by atoms with Gasteiger partial charge in [-0.25, -0.2) is 4.98 Å². The van der Waals surface area contributed by atoms with Crippen LogP contribution in [-0.2, 0) is 0 Å². The van der Waals surface area contributed by atoms with Crippen LogP contribution in [0.1, 0.15) is 0 Å². The van der Waals surface area contributed by atoms with Crippen LogP contribution in [0.15, 0.2) is 41.3 Å². The molecule has 0 spiro atoms. The second-order valence-corrected chi connectivity index (χ2v) is 3.01. The van der Waals surface area contributed by atoms with E-state index in [4.69, 9.17) is 4.74 Å². The summed E-state index contributed by atoms with van der Waals surface area (Å²) in [6.45, 7) is 0. The van der Waals surface area contributed by atoms with Gasteiger partial charge in [0.15, 0.2) is 0 Å². The average molecular weight is 202 g/mol. The molecular formula is C11H10N2O2. The van der Waals surface area contributed by atoms with Crippen molar-refractivity contribution in [3.05, 3.63) is 46.9 Å². The Bertz CT molecular complexity index is 499. The first-order valence-corrected chi connectivity index (χ1v) is 4.50. The molecular weight excluding hydrogens is 192 g/mol. The number of methoxy groups -OCH3 is 1. The maximum absolute atomic E-state index is 10.9. The molecule has 0 saturated carbocycles. The Balaban J connectivity index is 2.44. The maximum atomic E-state index is 10.9. The molecule has 0 aliphatic heterocycles. The topological polar surface area (TPSA) is 55.0 Å². The first-order chi connectivity index (χ1) is 7.29. The largest absolute Gasteiger partial charge is 0.481 e. The van der Waals surface area contributed by atoms with E-state index in [9.17, 15) is 4.79 Å². The van der Waals surface area contributed by atoms with Crippen molar-refractivity contribution in [1.29, 1.82) is 0 Å². The summed E-state index contributed by atoms with van der Waals surface area (Å²) in [4.78, 5) is 17.7.